The van der Waals surface area contributed by atoms with Gasteiger partial charge in [-0.05, 0) is 30.3 Å². The average molecular weight is 304 g/mol. The third-order valence-corrected chi connectivity index (χ3v) is 3.84. The molecule has 0 bridgehead atoms. The van der Waals surface area contributed by atoms with Gasteiger partial charge in [0, 0.05) is 9.79 Å². The van der Waals surface area contributed by atoms with Crippen LogP contribution in [0.15, 0.2) is 52.3 Å². The van der Waals surface area contributed by atoms with Gasteiger partial charge in [-0.1, -0.05) is 23.9 Å². The van der Waals surface area contributed by atoms with E-state index in [0.29, 0.717) is 5.69 Å². The van der Waals surface area contributed by atoms with Crippen molar-refractivity contribution in [2.45, 2.75) is 16.0 Å². The molecule has 1 aliphatic heterocycles. The van der Waals surface area contributed by atoms with E-state index >= 15 is 0 Å². The van der Waals surface area contributed by atoms with Crippen molar-refractivity contribution in [3.8, 4) is 0 Å². The summed E-state index contributed by atoms with van der Waals surface area (Å²) in [6.07, 6.45) is -4.31. The van der Waals surface area contributed by atoms with Crippen molar-refractivity contribution in [3.63, 3.8) is 0 Å². The van der Waals surface area contributed by atoms with Crippen LogP contribution in [0.5, 0.6) is 0 Å². The molecule has 6 heteroatoms. The van der Waals surface area contributed by atoms with Gasteiger partial charge in [0.1, 0.15) is 0 Å². The Balaban J connectivity index is 0.00000133. The minimum atomic E-state index is -4.31. The Morgan fingerprint density at radius 1 is 0.895 bits per heavy atom. The van der Waals surface area contributed by atoms with E-state index in [1.165, 1.54) is 17.8 Å². The topological polar surface area (TPSA) is 12.0 Å². The van der Waals surface area contributed by atoms with Crippen LogP contribution >= 0.6 is 24.2 Å². The van der Waals surface area contributed by atoms with Crippen LogP contribution < -0.4 is 5.32 Å². The highest BCUT2D eigenvalue weighted by molar-refractivity contribution is 7.99. The van der Waals surface area contributed by atoms with E-state index in [1.807, 2.05) is 24.3 Å². The minimum absolute atomic E-state index is 0. The van der Waals surface area contributed by atoms with E-state index < -0.39 is 11.7 Å². The zero-order valence-corrected chi connectivity index (χ0v) is 11.1. The molecule has 0 atom stereocenters. The fraction of sp³-hybridized carbons (Fsp3) is 0.0769. The summed E-state index contributed by atoms with van der Waals surface area (Å²) in [5, 5.41) is 3.03. The Kier molecular flexibility index (Phi) is 3.69. The highest BCUT2D eigenvalue weighted by Gasteiger charge is 2.31. The maximum absolute atomic E-state index is 12.6. The Hall–Kier alpha value is -1.33. The lowest BCUT2D eigenvalue weighted by molar-refractivity contribution is -0.137. The van der Waals surface area contributed by atoms with Crippen LogP contribution in [0.2, 0.25) is 0 Å². The van der Waals surface area contributed by atoms with E-state index in [-0.39, 0.29) is 12.4 Å². The third kappa shape index (κ3) is 2.67. The quantitative estimate of drug-likeness (QED) is 0.602. The van der Waals surface area contributed by atoms with Crippen molar-refractivity contribution in [1.82, 2.24) is 0 Å². The summed E-state index contributed by atoms with van der Waals surface area (Å²) in [7, 11) is 0. The summed E-state index contributed by atoms with van der Waals surface area (Å²) in [6, 6.07) is 11.3. The molecular weight excluding hydrogens is 295 g/mol. The number of halogens is 4. The van der Waals surface area contributed by atoms with Gasteiger partial charge in [0.25, 0.3) is 0 Å². The lowest BCUT2D eigenvalue weighted by atomic mass is 10.2. The smallest absolute Gasteiger partial charge is 0.354 e. The summed E-state index contributed by atoms with van der Waals surface area (Å²) in [6.45, 7) is 0. The zero-order chi connectivity index (χ0) is 12.8. The standard InChI is InChI=1S/C13H8F3NS.ClH/c14-13(15,16)8-5-6-12-10(7-8)17-9-3-1-2-4-11(9)18-12;/h1-7,17H;1H. The number of nitrogens with one attached hydrogen (secondary N) is 1. The Morgan fingerprint density at radius 2 is 1.58 bits per heavy atom. The first-order valence-corrected chi connectivity index (χ1v) is 6.11. The predicted octanol–water partition coefficient (Wildman–Crippen LogP) is 5.34. The molecule has 0 amide bonds. The first-order chi connectivity index (χ1) is 8.54. The van der Waals surface area contributed by atoms with E-state index in [0.717, 1.165) is 27.6 Å². The molecule has 1 nitrogen and oxygen atoms in total. The highest BCUT2D eigenvalue weighted by Crippen LogP contribution is 2.45. The van der Waals surface area contributed by atoms with E-state index in [9.17, 15) is 13.2 Å². The van der Waals surface area contributed by atoms with Crippen molar-refractivity contribution in [1.29, 1.82) is 0 Å². The Morgan fingerprint density at radius 3 is 2.32 bits per heavy atom. The van der Waals surface area contributed by atoms with Crippen LogP contribution in [0, 0.1) is 0 Å². The van der Waals surface area contributed by atoms with E-state index in [1.54, 1.807) is 0 Å². The molecule has 0 aromatic heterocycles. The second-order valence-corrected chi connectivity index (χ2v) is 5.02. The van der Waals surface area contributed by atoms with Crippen LogP contribution in [-0.2, 0) is 6.18 Å². The van der Waals surface area contributed by atoms with Crippen molar-refractivity contribution in [2.24, 2.45) is 0 Å². The fourth-order valence-electron chi connectivity index (χ4n) is 1.82. The monoisotopic (exact) mass is 303 g/mol. The fourth-order valence-corrected chi connectivity index (χ4v) is 2.78. The SMILES string of the molecule is Cl.FC(F)(F)c1ccc2c(c1)Nc1ccccc1S2. The summed E-state index contributed by atoms with van der Waals surface area (Å²) in [5.41, 5.74) is 0.719. The maximum atomic E-state index is 12.6. The molecule has 0 radical (unpaired) electrons. The predicted molar refractivity (Wildman–Crippen MR) is 72.5 cm³/mol. The largest absolute Gasteiger partial charge is 0.416 e. The normalized spacial score (nSPS) is 12.8. The molecule has 100 valence electrons. The lowest BCUT2D eigenvalue weighted by Gasteiger charge is -2.21. The zero-order valence-electron chi connectivity index (χ0n) is 9.49. The molecule has 1 heterocycles. The molecule has 0 spiro atoms. The Bertz CT molecular complexity index is 613. The molecule has 2 aromatic rings. The molecule has 0 fully saturated rings. The molecule has 0 aliphatic carbocycles. The number of fused-ring (bicyclic) bond motifs is 2. The maximum Gasteiger partial charge on any atom is 0.416 e. The average Bonchev–Trinajstić information content (AvgIpc) is 2.34. The van der Waals surface area contributed by atoms with Gasteiger partial charge in [-0.15, -0.1) is 12.4 Å². The first kappa shape index (κ1) is 14.1. The molecular formula is C13H9ClF3NS. The van der Waals surface area contributed by atoms with Crippen LogP contribution in [0.25, 0.3) is 0 Å². The molecule has 1 N–H and O–H groups in total. The van der Waals surface area contributed by atoms with Gasteiger partial charge in [0.05, 0.1) is 16.9 Å². The van der Waals surface area contributed by atoms with Gasteiger partial charge < -0.3 is 5.32 Å². The van der Waals surface area contributed by atoms with Gasteiger partial charge in [0.2, 0.25) is 0 Å². The van der Waals surface area contributed by atoms with Crippen molar-refractivity contribution < 1.29 is 13.2 Å². The number of anilines is 2. The molecule has 0 unspecified atom stereocenters. The molecule has 0 saturated heterocycles. The van der Waals surface area contributed by atoms with Crippen molar-refractivity contribution in [3.05, 3.63) is 48.0 Å². The molecule has 19 heavy (non-hydrogen) atoms. The second-order valence-electron chi connectivity index (χ2n) is 3.93. The van der Waals surface area contributed by atoms with Crippen LogP contribution in [0.3, 0.4) is 0 Å². The molecule has 0 saturated carbocycles. The van der Waals surface area contributed by atoms with Crippen LogP contribution in [0.4, 0.5) is 24.5 Å². The van der Waals surface area contributed by atoms with E-state index in [4.69, 9.17) is 0 Å². The summed E-state index contributed by atoms with van der Waals surface area (Å²) < 4.78 is 37.9. The van der Waals surface area contributed by atoms with Crippen LogP contribution in [0.1, 0.15) is 5.56 Å². The number of hydrogen-bond acceptors (Lipinski definition) is 2. The summed E-state index contributed by atoms with van der Waals surface area (Å²) in [5.74, 6) is 0. The number of para-hydroxylation sites is 1. The Labute approximate surface area is 118 Å². The summed E-state index contributed by atoms with van der Waals surface area (Å²) in [4.78, 5) is 1.83. The van der Waals surface area contributed by atoms with Crippen molar-refractivity contribution in [2.75, 3.05) is 5.32 Å². The molecule has 2 aromatic carbocycles. The number of benzene rings is 2. The molecule has 1 aliphatic rings. The second kappa shape index (κ2) is 4.98. The number of alkyl halides is 3. The van der Waals surface area contributed by atoms with Gasteiger partial charge in [0.15, 0.2) is 0 Å². The van der Waals surface area contributed by atoms with Crippen molar-refractivity contribution >= 4 is 35.5 Å². The van der Waals surface area contributed by atoms with Gasteiger partial charge >= 0.3 is 6.18 Å². The van der Waals surface area contributed by atoms with Gasteiger partial charge in [-0.25, -0.2) is 0 Å². The number of rotatable bonds is 0. The van der Waals surface area contributed by atoms with Gasteiger partial charge in [-0.3, -0.25) is 0 Å². The first-order valence-electron chi connectivity index (χ1n) is 5.29. The highest BCUT2D eigenvalue weighted by atomic mass is 35.5. The lowest BCUT2D eigenvalue weighted by Crippen LogP contribution is -2.07. The minimum Gasteiger partial charge on any atom is -0.354 e. The third-order valence-electron chi connectivity index (χ3n) is 2.68. The molecule has 3 rings (SSSR count). The summed E-state index contributed by atoms with van der Waals surface area (Å²) >= 11 is 1.47. The van der Waals surface area contributed by atoms with Crippen LogP contribution in [-0.4, -0.2) is 0 Å². The number of hydrogen-bond donors (Lipinski definition) is 1. The van der Waals surface area contributed by atoms with E-state index in [2.05, 4.69) is 5.32 Å². The van der Waals surface area contributed by atoms with Gasteiger partial charge in [-0.2, -0.15) is 13.2 Å².